The molecule has 0 aliphatic carbocycles. The minimum Gasteiger partial charge on any atom is -0.480 e. The lowest BCUT2D eigenvalue weighted by molar-refractivity contribution is -0.149. The van der Waals surface area contributed by atoms with E-state index < -0.39 is 36.9 Å². The van der Waals surface area contributed by atoms with Crippen molar-refractivity contribution in [1.29, 1.82) is 0 Å². The highest BCUT2D eigenvalue weighted by Gasteiger charge is 2.39. The lowest BCUT2D eigenvalue weighted by Crippen LogP contribution is -2.49. The summed E-state index contributed by atoms with van der Waals surface area (Å²) in [7, 11) is 0. The number of aliphatic carboxylic acids is 1. The maximum atomic E-state index is 12.3. The van der Waals surface area contributed by atoms with E-state index in [0.717, 1.165) is 4.90 Å². The van der Waals surface area contributed by atoms with Gasteiger partial charge in [-0.15, -0.1) is 0 Å². The average Bonchev–Trinajstić information content (AvgIpc) is 2.54. The van der Waals surface area contributed by atoms with Gasteiger partial charge in [0.1, 0.15) is 13.1 Å². The van der Waals surface area contributed by atoms with Crippen molar-refractivity contribution in [3.63, 3.8) is 0 Å². The maximum Gasteiger partial charge on any atom is 0.406 e. The highest BCUT2D eigenvalue weighted by Crippen LogP contribution is 2.23. The number of rotatable bonds is 3. The number of hydrogen-bond donors (Lipinski definition) is 2. The second-order valence-electron chi connectivity index (χ2n) is 4.82. The molecule has 0 radical (unpaired) electrons. The molecule has 0 bridgehead atoms. The van der Waals surface area contributed by atoms with Crippen LogP contribution in [0.4, 0.5) is 18.0 Å². The van der Waals surface area contributed by atoms with E-state index in [1.165, 1.54) is 6.92 Å². The van der Waals surface area contributed by atoms with Crippen LogP contribution in [-0.4, -0.2) is 70.0 Å². The zero-order valence-corrected chi connectivity index (χ0v) is 10.3. The number of aliphatic hydroxyl groups is 1. The average molecular weight is 284 g/mol. The third-order valence-electron chi connectivity index (χ3n) is 2.69. The van der Waals surface area contributed by atoms with E-state index in [-0.39, 0.29) is 24.4 Å². The summed E-state index contributed by atoms with van der Waals surface area (Å²) in [6.45, 7) is -1.21. The minimum absolute atomic E-state index is 0.0970. The van der Waals surface area contributed by atoms with E-state index in [4.69, 9.17) is 5.11 Å². The number of halogens is 3. The van der Waals surface area contributed by atoms with Crippen molar-refractivity contribution in [2.45, 2.75) is 25.1 Å². The van der Waals surface area contributed by atoms with Crippen LogP contribution >= 0.6 is 0 Å². The number of carbonyl (C=O) groups excluding carboxylic acids is 1. The molecule has 9 heteroatoms. The summed E-state index contributed by atoms with van der Waals surface area (Å²) in [4.78, 5) is 23.6. The molecule has 1 aliphatic heterocycles. The zero-order chi connectivity index (χ0) is 14.8. The van der Waals surface area contributed by atoms with Gasteiger partial charge in [-0.1, -0.05) is 0 Å². The molecule has 1 rings (SSSR count). The summed E-state index contributed by atoms with van der Waals surface area (Å²) in [6, 6.07) is -1.03. The van der Waals surface area contributed by atoms with Gasteiger partial charge in [-0.2, -0.15) is 13.2 Å². The summed E-state index contributed by atoms with van der Waals surface area (Å²) in [6.07, 6.45) is -4.43. The van der Waals surface area contributed by atoms with Crippen LogP contribution in [0.5, 0.6) is 0 Å². The van der Waals surface area contributed by atoms with Crippen LogP contribution in [0.3, 0.4) is 0 Å². The highest BCUT2D eigenvalue weighted by atomic mass is 19.4. The van der Waals surface area contributed by atoms with Gasteiger partial charge in [0.25, 0.3) is 0 Å². The van der Waals surface area contributed by atoms with Gasteiger partial charge in [-0.3, -0.25) is 4.79 Å². The Hall–Kier alpha value is -1.51. The number of β-amino-alcohol motifs (C(OH)–C–C–N with tert-alkyl or cyclic N) is 1. The van der Waals surface area contributed by atoms with Crippen LogP contribution in [0.15, 0.2) is 0 Å². The predicted octanol–water partition coefficient (Wildman–Crippen LogP) is 0.512. The van der Waals surface area contributed by atoms with Gasteiger partial charge in [0.2, 0.25) is 0 Å². The number of amides is 2. The first-order valence-electron chi connectivity index (χ1n) is 5.55. The maximum absolute atomic E-state index is 12.3. The molecule has 1 fully saturated rings. The second kappa shape index (κ2) is 5.24. The smallest absolute Gasteiger partial charge is 0.406 e. The third kappa shape index (κ3) is 4.93. The van der Waals surface area contributed by atoms with Gasteiger partial charge in [0.15, 0.2) is 0 Å². The summed E-state index contributed by atoms with van der Waals surface area (Å²) < 4.78 is 36.9. The van der Waals surface area contributed by atoms with Crippen molar-refractivity contribution in [3.05, 3.63) is 0 Å². The van der Waals surface area contributed by atoms with Crippen molar-refractivity contribution in [3.8, 4) is 0 Å². The quantitative estimate of drug-likeness (QED) is 0.791. The number of carbonyl (C=O) groups is 2. The van der Waals surface area contributed by atoms with Crippen LogP contribution in [-0.2, 0) is 4.79 Å². The fourth-order valence-corrected chi connectivity index (χ4v) is 1.88. The molecule has 1 aliphatic rings. The zero-order valence-electron chi connectivity index (χ0n) is 10.3. The molecule has 19 heavy (non-hydrogen) atoms. The van der Waals surface area contributed by atoms with Crippen molar-refractivity contribution in [2.24, 2.45) is 0 Å². The Morgan fingerprint density at radius 1 is 1.42 bits per heavy atom. The lowest BCUT2D eigenvalue weighted by atomic mass is 10.1. The normalized spacial score (nSPS) is 23.5. The van der Waals surface area contributed by atoms with Crippen LogP contribution in [0.2, 0.25) is 0 Å². The summed E-state index contributed by atoms with van der Waals surface area (Å²) in [5.74, 6) is -1.52. The van der Waals surface area contributed by atoms with Crippen molar-refractivity contribution < 1.29 is 33.0 Å². The largest absolute Gasteiger partial charge is 0.480 e. The number of alkyl halides is 3. The van der Waals surface area contributed by atoms with Gasteiger partial charge in [-0.05, 0) is 13.3 Å². The first kappa shape index (κ1) is 15.5. The molecule has 0 spiro atoms. The molecule has 0 aromatic heterocycles. The number of carboxylic acids is 1. The van der Waals surface area contributed by atoms with Crippen molar-refractivity contribution >= 4 is 12.0 Å². The highest BCUT2D eigenvalue weighted by molar-refractivity contribution is 5.80. The minimum atomic E-state index is -4.67. The van der Waals surface area contributed by atoms with Crippen LogP contribution in [0, 0.1) is 0 Å². The van der Waals surface area contributed by atoms with E-state index in [2.05, 4.69) is 0 Å². The van der Waals surface area contributed by atoms with E-state index in [9.17, 15) is 27.9 Å². The van der Waals surface area contributed by atoms with Crippen LogP contribution in [0.1, 0.15) is 13.3 Å². The van der Waals surface area contributed by atoms with Crippen LogP contribution < -0.4 is 0 Å². The Kier molecular flexibility index (Phi) is 4.28. The Balaban J connectivity index is 2.74. The fraction of sp³-hybridized carbons (Fsp3) is 0.800. The topological polar surface area (TPSA) is 81.1 Å². The fourth-order valence-electron chi connectivity index (χ4n) is 1.88. The molecule has 0 aromatic rings. The van der Waals surface area contributed by atoms with Gasteiger partial charge in [0.05, 0.1) is 12.1 Å². The number of nitrogens with zero attached hydrogens (tertiary/aromatic N) is 2. The molecule has 0 aromatic carbocycles. The molecule has 110 valence electrons. The third-order valence-corrected chi connectivity index (χ3v) is 2.69. The number of likely N-dealkylation sites (tertiary alicyclic amines) is 1. The number of urea groups is 1. The lowest BCUT2D eigenvalue weighted by Gasteiger charge is -2.28. The van der Waals surface area contributed by atoms with Gasteiger partial charge in [-0.25, -0.2) is 4.79 Å². The van der Waals surface area contributed by atoms with Gasteiger partial charge in [0, 0.05) is 6.54 Å². The molecule has 0 saturated carbocycles. The molecular formula is C10H15F3N2O4. The first-order chi connectivity index (χ1) is 8.50. The van der Waals surface area contributed by atoms with Crippen molar-refractivity contribution in [2.75, 3.05) is 26.2 Å². The van der Waals surface area contributed by atoms with Crippen molar-refractivity contribution in [1.82, 2.24) is 9.80 Å². The molecular weight excluding hydrogens is 269 g/mol. The van der Waals surface area contributed by atoms with Gasteiger partial charge >= 0.3 is 18.2 Å². The predicted molar refractivity (Wildman–Crippen MR) is 57.5 cm³/mol. The Morgan fingerprint density at radius 3 is 2.37 bits per heavy atom. The molecule has 1 saturated heterocycles. The molecule has 1 heterocycles. The summed E-state index contributed by atoms with van der Waals surface area (Å²) >= 11 is 0. The SMILES string of the molecule is CC1(O)CCN(C(=O)N(CC(=O)O)CC(F)(F)F)C1. The number of carboxylic acid groups (broad SMARTS) is 1. The molecule has 1 atom stereocenters. The number of hydrogen-bond acceptors (Lipinski definition) is 3. The molecule has 2 amide bonds. The molecule has 1 unspecified atom stereocenters. The van der Waals surface area contributed by atoms with Gasteiger partial charge < -0.3 is 20.0 Å². The molecule has 2 N–H and O–H groups in total. The van der Waals surface area contributed by atoms with E-state index in [1.807, 2.05) is 0 Å². The summed E-state index contributed by atoms with van der Waals surface area (Å²) in [5.41, 5.74) is -1.15. The van der Waals surface area contributed by atoms with Crippen LogP contribution in [0.25, 0.3) is 0 Å². The van der Waals surface area contributed by atoms with E-state index in [0.29, 0.717) is 0 Å². The standard InChI is InChI=1S/C10H15F3N2O4/c1-9(19)2-3-14(5-9)8(18)15(4-7(16)17)6-10(11,12)13/h19H,2-6H2,1H3,(H,16,17). The Bertz CT molecular complexity index is 370. The Morgan fingerprint density at radius 2 is 2.00 bits per heavy atom. The Labute approximate surface area is 107 Å². The van der Waals surface area contributed by atoms with E-state index in [1.54, 1.807) is 0 Å². The summed E-state index contributed by atoms with van der Waals surface area (Å²) in [5, 5.41) is 18.2. The molecule has 6 nitrogen and oxygen atoms in total. The van der Waals surface area contributed by atoms with E-state index >= 15 is 0 Å². The second-order valence-corrected chi connectivity index (χ2v) is 4.82. The monoisotopic (exact) mass is 284 g/mol. The first-order valence-corrected chi connectivity index (χ1v) is 5.55.